The standard InChI is InChI=1S/C26H30N2O6/c1-15(2)22(12-24(30)28-13-16(29)11-23(28)25(31)32)27-26(33)34-14-21-19-9-5-3-7-17(19)18-8-4-6-10-20(18)21/h3-10,15-16,21-23,29H,11-14H2,1-2H3,(H,27,33)(H,31,32)/t16?,22?,23-/m0/s1. The topological polar surface area (TPSA) is 116 Å². The van der Waals surface area contributed by atoms with Crippen LogP contribution in [0.1, 0.15) is 43.7 Å². The number of aliphatic hydroxyl groups excluding tert-OH is 1. The van der Waals surface area contributed by atoms with E-state index in [4.69, 9.17) is 4.74 Å². The van der Waals surface area contributed by atoms with Gasteiger partial charge in [0.15, 0.2) is 0 Å². The van der Waals surface area contributed by atoms with E-state index in [0.29, 0.717) is 0 Å². The third kappa shape index (κ3) is 4.77. The highest BCUT2D eigenvalue weighted by atomic mass is 16.5. The minimum absolute atomic E-state index is 0.00717. The van der Waals surface area contributed by atoms with Crippen molar-refractivity contribution in [1.82, 2.24) is 10.2 Å². The number of alkyl carbamates (subject to hydrolysis) is 1. The molecule has 2 aliphatic rings. The number of hydrogen-bond acceptors (Lipinski definition) is 5. The molecule has 8 nitrogen and oxygen atoms in total. The highest BCUT2D eigenvalue weighted by Crippen LogP contribution is 2.44. The van der Waals surface area contributed by atoms with E-state index in [1.165, 1.54) is 4.90 Å². The van der Waals surface area contributed by atoms with Crippen LogP contribution in [0.15, 0.2) is 48.5 Å². The fourth-order valence-corrected chi connectivity index (χ4v) is 4.87. The Labute approximate surface area is 198 Å². The van der Waals surface area contributed by atoms with E-state index in [2.05, 4.69) is 17.4 Å². The molecular weight excluding hydrogens is 436 g/mol. The number of hydrogen-bond donors (Lipinski definition) is 3. The third-order valence-electron chi connectivity index (χ3n) is 6.73. The van der Waals surface area contributed by atoms with Gasteiger partial charge in [-0.15, -0.1) is 0 Å². The van der Waals surface area contributed by atoms with Crippen LogP contribution in [0.5, 0.6) is 0 Å². The number of carboxylic acid groups (broad SMARTS) is 1. The van der Waals surface area contributed by atoms with Crippen molar-refractivity contribution in [3.8, 4) is 11.1 Å². The maximum Gasteiger partial charge on any atom is 0.407 e. The summed E-state index contributed by atoms with van der Waals surface area (Å²) in [7, 11) is 0. The quantitative estimate of drug-likeness (QED) is 0.578. The van der Waals surface area contributed by atoms with E-state index in [-0.39, 0.29) is 37.8 Å². The molecule has 2 amide bonds. The Morgan fingerprint density at radius 3 is 2.21 bits per heavy atom. The second-order valence-corrected chi connectivity index (χ2v) is 9.31. The van der Waals surface area contributed by atoms with Crippen LogP contribution in [0.2, 0.25) is 0 Å². The smallest absolute Gasteiger partial charge is 0.407 e. The van der Waals surface area contributed by atoms with Crippen molar-refractivity contribution >= 4 is 18.0 Å². The molecule has 2 aromatic rings. The van der Waals surface area contributed by atoms with Crippen LogP contribution in [0.4, 0.5) is 4.79 Å². The van der Waals surface area contributed by atoms with Gasteiger partial charge in [0.05, 0.1) is 6.10 Å². The van der Waals surface area contributed by atoms with Crippen molar-refractivity contribution in [1.29, 1.82) is 0 Å². The average molecular weight is 467 g/mol. The fraction of sp³-hybridized carbons (Fsp3) is 0.423. The van der Waals surface area contributed by atoms with Crippen LogP contribution < -0.4 is 5.32 Å². The van der Waals surface area contributed by atoms with Crippen LogP contribution in [0.3, 0.4) is 0 Å². The largest absolute Gasteiger partial charge is 0.480 e. The summed E-state index contributed by atoms with van der Waals surface area (Å²) in [6.45, 7) is 3.88. The molecule has 0 spiro atoms. The van der Waals surface area contributed by atoms with Gasteiger partial charge in [-0.25, -0.2) is 9.59 Å². The van der Waals surface area contributed by atoms with E-state index in [9.17, 15) is 24.6 Å². The number of β-amino-alcohol motifs (C(OH)–C–C–N with tert-alkyl or cyclic N) is 1. The normalized spacial score (nSPS) is 20.1. The van der Waals surface area contributed by atoms with E-state index in [1.54, 1.807) is 0 Å². The lowest BCUT2D eigenvalue weighted by Gasteiger charge is -2.27. The molecular formula is C26H30N2O6. The molecule has 1 saturated heterocycles. The Kier molecular flexibility index (Phi) is 6.88. The Morgan fingerprint density at radius 2 is 1.65 bits per heavy atom. The van der Waals surface area contributed by atoms with E-state index in [1.807, 2.05) is 50.2 Å². The number of carbonyl (C=O) groups excluding carboxylic acids is 2. The summed E-state index contributed by atoms with van der Waals surface area (Å²) in [5.41, 5.74) is 4.50. The molecule has 34 heavy (non-hydrogen) atoms. The summed E-state index contributed by atoms with van der Waals surface area (Å²) in [5.74, 6) is -1.71. The molecule has 0 aromatic heterocycles. The lowest BCUT2D eigenvalue weighted by atomic mass is 9.98. The summed E-state index contributed by atoms with van der Waals surface area (Å²) >= 11 is 0. The van der Waals surface area contributed by atoms with Crippen molar-refractivity contribution in [3.05, 3.63) is 59.7 Å². The Balaban J connectivity index is 1.39. The number of carbonyl (C=O) groups is 3. The van der Waals surface area contributed by atoms with Crippen molar-refractivity contribution in [2.45, 2.75) is 50.8 Å². The summed E-state index contributed by atoms with van der Waals surface area (Å²) in [5, 5.41) is 22.0. The molecule has 3 N–H and O–H groups in total. The fourth-order valence-electron chi connectivity index (χ4n) is 4.87. The minimum Gasteiger partial charge on any atom is -0.480 e. The molecule has 0 bridgehead atoms. The molecule has 2 unspecified atom stereocenters. The molecule has 0 radical (unpaired) electrons. The molecule has 0 saturated carbocycles. The third-order valence-corrected chi connectivity index (χ3v) is 6.73. The zero-order valence-corrected chi connectivity index (χ0v) is 19.3. The predicted octanol–water partition coefficient (Wildman–Crippen LogP) is 2.99. The van der Waals surface area contributed by atoms with Gasteiger partial charge in [-0.1, -0.05) is 62.4 Å². The maximum absolute atomic E-state index is 12.8. The van der Waals surface area contributed by atoms with Crippen LogP contribution in [0, 0.1) is 5.92 Å². The van der Waals surface area contributed by atoms with Crippen LogP contribution in [-0.4, -0.2) is 64.4 Å². The number of amides is 2. The van der Waals surface area contributed by atoms with Crippen molar-refractivity contribution < 1.29 is 29.3 Å². The van der Waals surface area contributed by atoms with E-state index >= 15 is 0 Å². The van der Waals surface area contributed by atoms with Gasteiger partial charge in [-0.2, -0.15) is 0 Å². The molecule has 1 aliphatic heterocycles. The maximum atomic E-state index is 12.8. The molecule has 180 valence electrons. The van der Waals surface area contributed by atoms with Gasteiger partial charge in [0, 0.05) is 31.3 Å². The van der Waals surface area contributed by atoms with Gasteiger partial charge in [0.1, 0.15) is 12.6 Å². The predicted molar refractivity (Wildman–Crippen MR) is 125 cm³/mol. The first kappa shape index (κ1) is 23.8. The molecule has 3 atom stereocenters. The number of benzene rings is 2. The first-order chi connectivity index (χ1) is 16.3. The highest BCUT2D eigenvalue weighted by Gasteiger charge is 2.39. The van der Waals surface area contributed by atoms with Crippen molar-refractivity contribution in [3.63, 3.8) is 0 Å². The Hall–Kier alpha value is -3.39. The van der Waals surface area contributed by atoms with E-state index in [0.717, 1.165) is 22.3 Å². The second kappa shape index (κ2) is 9.85. The van der Waals surface area contributed by atoms with Crippen molar-refractivity contribution in [2.75, 3.05) is 13.2 Å². The molecule has 8 heteroatoms. The SMILES string of the molecule is CC(C)C(CC(=O)N1CC(O)C[C@H]1C(=O)O)NC(=O)OCC1c2ccccc2-c2ccccc21. The highest BCUT2D eigenvalue weighted by molar-refractivity contribution is 5.85. The number of fused-ring (bicyclic) bond motifs is 3. The number of rotatable bonds is 7. The summed E-state index contributed by atoms with van der Waals surface area (Å²) in [6.07, 6.45) is -1.55. The zero-order chi connectivity index (χ0) is 24.4. The van der Waals surface area contributed by atoms with Crippen LogP contribution in [-0.2, 0) is 14.3 Å². The second-order valence-electron chi connectivity index (χ2n) is 9.31. The number of likely N-dealkylation sites (tertiary alicyclic amines) is 1. The number of ether oxygens (including phenoxy) is 1. The van der Waals surface area contributed by atoms with Gasteiger partial charge in [-0.05, 0) is 28.2 Å². The van der Waals surface area contributed by atoms with Crippen LogP contribution >= 0.6 is 0 Å². The summed E-state index contributed by atoms with van der Waals surface area (Å²) in [4.78, 5) is 38.1. The average Bonchev–Trinajstić information content (AvgIpc) is 3.35. The first-order valence-electron chi connectivity index (χ1n) is 11.6. The van der Waals surface area contributed by atoms with Gasteiger partial charge in [-0.3, -0.25) is 4.79 Å². The van der Waals surface area contributed by atoms with Gasteiger partial charge >= 0.3 is 12.1 Å². The molecule has 1 heterocycles. The molecule has 1 aliphatic carbocycles. The number of aliphatic carboxylic acids is 1. The minimum atomic E-state index is -1.14. The monoisotopic (exact) mass is 466 g/mol. The Morgan fingerprint density at radius 1 is 1.06 bits per heavy atom. The number of nitrogens with zero attached hydrogens (tertiary/aromatic N) is 1. The van der Waals surface area contributed by atoms with Gasteiger partial charge in [0.2, 0.25) is 5.91 Å². The molecule has 1 fully saturated rings. The lowest BCUT2D eigenvalue weighted by molar-refractivity contribution is -0.148. The summed E-state index contributed by atoms with van der Waals surface area (Å²) < 4.78 is 5.59. The number of nitrogens with one attached hydrogen (secondary N) is 1. The Bertz CT molecular complexity index is 1040. The zero-order valence-electron chi connectivity index (χ0n) is 19.3. The number of carboxylic acids is 1. The van der Waals surface area contributed by atoms with E-state index < -0.39 is 36.2 Å². The van der Waals surface area contributed by atoms with Gasteiger partial charge < -0.3 is 25.2 Å². The molecule has 4 rings (SSSR count). The van der Waals surface area contributed by atoms with Crippen LogP contribution in [0.25, 0.3) is 11.1 Å². The lowest BCUT2D eigenvalue weighted by Crippen LogP contribution is -2.46. The van der Waals surface area contributed by atoms with Crippen molar-refractivity contribution in [2.24, 2.45) is 5.92 Å². The van der Waals surface area contributed by atoms with Gasteiger partial charge in [0.25, 0.3) is 0 Å². The first-order valence-corrected chi connectivity index (χ1v) is 11.6. The number of aliphatic hydroxyl groups is 1. The molecule has 2 aromatic carbocycles. The summed E-state index contributed by atoms with van der Waals surface area (Å²) in [6, 6.07) is 14.5.